The predicted molar refractivity (Wildman–Crippen MR) is 176 cm³/mol. The van der Waals surface area contributed by atoms with Crippen molar-refractivity contribution in [2.24, 2.45) is 50.2 Å². The number of phenolic OH excluding ortho intramolecular Hbond substituents is 2. The maximum Gasteiger partial charge on any atom is 0.330 e. The highest BCUT2D eigenvalue weighted by atomic mass is 16.5. The van der Waals surface area contributed by atoms with Crippen molar-refractivity contribution in [1.82, 2.24) is 0 Å². The second kappa shape index (κ2) is 10.7. The number of benzene rings is 1. The first-order valence-corrected chi connectivity index (χ1v) is 17.3. The zero-order chi connectivity index (χ0) is 33.5. The van der Waals surface area contributed by atoms with Crippen LogP contribution in [0, 0.1) is 50.2 Å². The molecule has 4 saturated carbocycles. The van der Waals surface area contributed by atoms with Gasteiger partial charge in [-0.3, -0.25) is 9.59 Å². The lowest BCUT2D eigenvalue weighted by atomic mass is 9.33. The monoisotopic (exact) mass is 632 g/mol. The first-order chi connectivity index (χ1) is 21.4. The maximum absolute atomic E-state index is 13.3. The molecule has 3 N–H and O–H groups in total. The predicted octanol–water partition coefficient (Wildman–Crippen LogP) is 8.09. The Balaban J connectivity index is 1.41. The van der Waals surface area contributed by atoms with E-state index < -0.39 is 22.8 Å². The largest absolute Gasteiger partial charge is 0.504 e. The van der Waals surface area contributed by atoms with E-state index in [4.69, 9.17) is 4.74 Å². The Labute approximate surface area is 273 Å². The lowest BCUT2D eigenvalue weighted by Crippen LogP contribution is -2.66. The summed E-state index contributed by atoms with van der Waals surface area (Å²) in [6.07, 6.45) is 13.0. The Morgan fingerprint density at radius 3 is 2.35 bits per heavy atom. The molecule has 0 radical (unpaired) electrons. The topological polar surface area (TPSA) is 121 Å². The number of carbonyl (C=O) groups excluding carboxylic acids is 2. The summed E-state index contributed by atoms with van der Waals surface area (Å²) in [7, 11) is 0. The SMILES string of the molecule is CC1(C)CCC2(C(=O)O)CC[C@]3(COC(=O)/C=C/c4ccc(O)c(O)c4)C(=CCC4C5(C)CCC(=O)C(C)(C)C5CCC43C)C2C1. The minimum atomic E-state index is -0.806. The third-order valence-corrected chi connectivity index (χ3v) is 14.4. The molecular formula is C39H52O7. The van der Waals surface area contributed by atoms with Crippen molar-refractivity contribution in [2.45, 2.75) is 106 Å². The molecule has 0 aromatic heterocycles. The van der Waals surface area contributed by atoms with Crippen LogP contribution in [0.1, 0.15) is 111 Å². The number of carboxylic acids is 1. The molecule has 46 heavy (non-hydrogen) atoms. The molecule has 5 aliphatic rings. The molecule has 7 heteroatoms. The molecule has 7 nitrogen and oxygen atoms in total. The zero-order valence-corrected chi connectivity index (χ0v) is 28.4. The Hall–Kier alpha value is -3.09. The molecular weight excluding hydrogens is 580 g/mol. The summed E-state index contributed by atoms with van der Waals surface area (Å²) in [6, 6.07) is 4.37. The highest BCUT2D eigenvalue weighted by Gasteiger charge is 2.71. The number of hydrogen-bond donors (Lipinski definition) is 3. The number of carboxylic acid groups (broad SMARTS) is 1. The summed E-state index contributed by atoms with van der Waals surface area (Å²) in [5.41, 5.74) is -0.228. The molecule has 0 heterocycles. The van der Waals surface area contributed by atoms with E-state index in [1.165, 1.54) is 23.8 Å². The number of ether oxygens (including phenoxy) is 1. The van der Waals surface area contributed by atoms with Crippen LogP contribution in [0.3, 0.4) is 0 Å². The number of esters is 1. The van der Waals surface area contributed by atoms with Crippen LogP contribution >= 0.6 is 0 Å². The number of ketones is 1. The van der Waals surface area contributed by atoms with Crippen LogP contribution in [0.4, 0.5) is 0 Å². The summed E-state index contributed by atoms with van der Waals surface area (Å²) in [5.74, 6) is -0.896. The van der Waals surface area contributed by atoms with Crippen LogP contribution in [0.2, 0.25) is 0 Å². The maximum atomic E-state index is 13.3. The molecule has 0 bridgehead atoms. The van der Waals surface area contributed by atoms with E-state index in [1.54, 1.807) is 12.1 Å². The molecule has 0 aliphatic heterocycles. The van der Waals surface area contributed by atoms with E-state index in [0.29, 0.717) is 37.0 Å². The molecule has 6 rings (SSSR count). The van der Waals surface area contributed by atoms with Crippen LogP contribution in [0.5, 0.6) is 11.5 Å². The second-order valence-corrected chi connectivity index (χ2v) is 17.3. The van der Waals surface area contributed by atoms with E-state index in [0.717, 1.165) is 38.5 Å². The fourth-order valence-corrected chi connectivity index (χ4v) is 11.6. The van der Waals surface area contributed by atoms with Crippen LogP contribution in [0.25, 0.3) is 6.08 Å². The third kappa shape index (κ3) is 4.69. The van der Waals surface area contributed by atoms with Crippen molar-refractivity contribution in [2.75, 3.05) is 6.61 Å². The van der Waals surface area contributed by atoms with Gasteiger partial charge in [-0.15, -0.1) is 0 Å². The standard InChI is InChI=1S/C39H52O7/c1-34(2)17-18-38(33(44)45)19-20-39(23-46-32(43)12-8-24-7-10-27(40)28(41)21-24)25(26(38)22-34)9-11-30-36(5)15-14-31(42)35(3,4)29(36)13-16-37(30,39)6/h7-10,12,21,26,29-30,40-41H,11,13-20,22-23H2,1-6H3,(H,44,45)/b12-8+/t26?,29?,30?,36?,37?,38?,39-/m0/s1. The smallest absolute Gasteiger partial charge is 0.330 e. The summed E-state index contributed by atoms with van der Waals surface area (Å²) in [6.45, 7) is 13.7. The van der Waals surface area contributed by atoms with Gasteiger partial charge in [0, 0.05) is 23.3 Å². The van der Waals surface area contributed by atoms with Crippen LogP contribution in [-0.4, -0.2) is 39.6 Å². The van der Waals surface area contributed by atoms with Gasteiger partial charge >= 0.3 is 11.9 Å². The molecule has 7 atom stereocenters. The van der Waals surface area contributed by atoms with Gasteiger partial charge in [0.15, 0.2) is 11.5 Å². The van der Waals surface area contributed by atoms with Crippen molar-refractivity contribution in [1.29, 1.82) is 0 Å². The first-order valence-electron chi connectivity index (χ1n) is 17.3. The second-order valence-electron chi connectivity index (χ2n) is 17.3. The lowest BCUT2D eigenvalue weighted by Gasteiger charge is -2.70. The van der Waals surface area contributed by atoms with Crippen molar-refractivity contribution in [3.05, 3.63) is 41.5 Å². The zero-order valence-electron chi connectivity index (χ0n) is 28.4. The van der Waals surface area contributed by atoms with Crippen molar-refractivity contribution in [3.63, 3.8) is 0 Å². The molecule has 5 aliphatic carbocycles. The Bertz CT molecular complexity index is 1520. The van der Waals surface area contributed by atoms with Gasteiger partial charge in [0.1, 0.15) is 12.4 Å². The minimum absolute atomic E-state index is 0.0117. The van der Waals surface area contributed by atoms with Gasteiger partial charge in [-0.1, -0.05) is 59.3 Å². The van der Waals surface area contributed by atoms with Crippen LogP contribution in [-0.2, 0) is 19.1 Å². The Kier molecular flexibility index (Phi) is 7.65. The van der Waals surface area contributed by atoms with Gasteiger partial charge in [-0.2, -0.15) is 0 Å². The van der Waals surface area contributed by atoms with E-state index in [2.05, 4.69) is 47.6 Å². The quantitative estimate of drug-likeness (QED) is 0.130. The molecule has 1 aromatic rings. The van der Waals surface area contributed by atoms with Gasteiger partial charge in [0.25, 0.3) is 0 Å². The normalized spacial score (nSPS) is 39.3. The fraction of sp³-hybridized carbons (Fsp3) is 0.667. The molecule has 4 fully saturated rings. The molecule has 0 spiro atoms. The highest BCUT2D eigenvalue weighted by molar-refractivity contribution is 5.87. The van der Waals surface area contributed by atoms with E-state index in [1.807, 2.05) is 0 Å². The number of Topliss-reactive ketones (excluding diaryl/α,β-unsaturated/α-hetero) is 1. The van der Waals surface area contributed by atoms with Gasteiger partial charge < -0.3 is 20.1 Å². The van der Waals surface area contributed by atoms with Gasteiger partial charge in [0.2, 0.25) is 0 Å². The molecule has 0 saturated heterocycles. The van der Waals surface area contributed by atoms with Crippen LogP contribution < -0.4 is 0 Å². The molecule has 1 aromatic carbocycles. The number of carbonyl (C=O) groups is 3. The number of aromatic hydroxyl groups is 2. The van der Waals surface area contributed by atoms with E-state index >= 15 is 0 Å². The van der Waals surface area contributed by atoms with Crippen LogP contribution in [0.15, 0.2) is 35.9 Å². The number of allylic oxidation sites excluding steroid dienone is 1. The summed E-state index contributed by atoms with van der Waals surface area (Å²) in [5, 5.41) is 30.3. The minimum Gasteiger partial charge on any atom is -0.504 e. The van der Waals surface area contributed by atoms with Crippen molar-refractivity contribution < 1.29 is 34.4 Å². The Morgan fingerprint density at radius 2 is 1.65 bits per heavy atom. The fourth-order valence-electron chi connectivity index (χ4n) is 11.6. The summed E-state index contributed by atoms with van der Waals surface area (Å²) < 4.78 is 6.20. The van der Waals surface area contributed by atoms with Gasteiger partial charge in [-0.05, 0) is 116 Å². The van der Waals surface area contributed by atoms with E-state index in [9.17, 15) is 29.7 Å². The summed E-state index contributed by atoms with van der Waals surface area (Å²) in [4.78, 5) is 39.7. The average Bonchev–Trinajstić information content (AvgIpc) is 2.98. The first kappa shape index (κ1) is 32.8. The number of hydrogen-bond acceptors (Lipinski definition) is 6. The van der Waals surface area contributed by atoms with E-state index in [-0.39, 0.29) is 57.5 Å². The average molecular weight is 633 g/mol. The number of aliphatic carboxylic acids is 1. The van der Waals surface area contributed by atoms with Gasteiger partial charge in [-0.25, -0.2) is 4.79 Å². The number of phenols is 2. The highest BCUT2D eigenvalue weighted by Crippen LogP contribution is 2.75. The molecule has 250 valence electrons. The third-order valence-electron chi connectivity index (χ3n) is 14.4. The number of fused-ring (bicyclic) bond motifs is 7. The van der Waals surface area contributed by atoms with Gasteiger partial charge in [0.05, 0.1) is 5.41 Å². The molecule has 0 amide bonds. The molecule has 6 unspecified atom stereocenters. The lowest BCUT2D eigenvalue weighted by molar-refractivity contribution is -0.202. The number of rotatable bonds is 5. The Morgan fingerprint density at radius 1 is 0.935 bits per heavy atom. The summed E-state index contributed by atoms with van der Waals surface area (Å²) >= 11 is 0. The van der Waals surface area contributed by atoms with Crippen molar-refractivity contribution in [3.8, 4) is 11.5 Å². The van der Waals surface area contributed by atoms with Crippen molar-refractivity contribution >= 4 is 23.8 Å².